The van der Waals surface area contributed by atoms with Crippen molar-refractivity contribution >= 4 is 27.8 Å². The second-order valence-electron chi connectivity index (χ2n) is 4.61. The van der Waals surface area contributed by atoms with Crippen LogP contribution in [-0.4, -0.2) is 11.3 Å². The zero-order valence-electron chi connectivity index (χ0n) is 9.07. The second-order valence-corrected chi connectivity index (χ2v) is 5.64. The lowest BCUT2D eigenvalue weighted by Crippen LogP contribution is -2.09. The van der Waals surface area contributed by atoms with Gasteiger partial charge in [-0.1, -0.05) is 20.8 Å². The molecule has 0 unspecified atom stereocenters. The number of hydrogen-bond donors (Lipinski definition) is 0. The number of benzene rings is 1. The van der Waals surface area contributed by atoms with Crippen LogP contribution in [-0.2, 0) is 5.41 Å². The van der Waals surface area contributed by atoms with Crippen molar-refractivity contribution in [3.05, 3.63) is 28.8 Å². The summed E-state index contributed by atoms with van der Waals surface area (Å²) < 4.78 is 1.09. The molecule has 2 aromatic rings. The van der Waals surface area contributed by atoms with Crippen molar-refractivity contribution in [3.63, 3.8) is 0 Å². The molecule has 2 nitrogen and oxygen atoms in total. The van der Waals surface area contributed by atoms with Crippen LogP contribution in [0.25, 0.3) is 10.2 Å². The monoisotopic (exact) mass is 219 g/mol. The summed E-state index contributed by atoms with van der Waals surface area (Å²) in [5, 5.41) is 1.11. The van der Waals surface area contributed by atoms with E-state index in [2.05, 4.69) is 25.8 Å². The molecule has 0 saturated carbocycles. The van der Waals surface area contributed by atoms with Crippen LogP contribution in [0.3, 0.4) is 0 Å². The van der Waals surface area contributed by atoms with E-state index in [9.17, 15) is 4.79 Å². The van der Waals surface area contributed by atoms with Gasteiger partial charge in [-0.2, -0.15) is 0 Å². The van der Waals surface area contributed by atoms with E-state index in [1.54, 1.807) is 11.3 Å². The van der Waals surface area contributed by atoms with Crippen LogP contribution in [0, 0.1) is 0 Å². The first-order valence-corrected chi connectivity index (χ1v) is 5.68. The zero-order valence-corrected chi connectivity index (χ0v) is 9.89. The summed E-state index contributed by atoms with van der Waals surface area (Å²) >= 11 is 1.66. The number of aldehydes is 1. The summed E-state index contributed by atoms with van der Waals surface area (Å²) in [5.74, 6) is 0. The third kappa shape index (κ3) is 1.92. The standard InChI is InChI=1S/C12H13NOS/c1-12(2,3)11-13-9-5-4-8(7-14)6-10(9)15-11/h4-7H,1-3H3. The lowest BCUT2D eigenvalue weighted by Gasteiger charge is -2.13. The molecule has 1 aromatic carbocycles. The van der Waals surface area contributed by atoms with Gasteiger partial charge < -0.3 is 0 Å². The maximum absolute atomic E-state index is 10.6. The van der Waals surface area contributed by atoms with Gasteiger partial charge in [-0.15, -0.1) is 11.3 Å². The van der Waals surface area contributed by atoms with Crippen molar-refractivity contribution in [2.75, 3.05) is 0 Å². The number of nitrogens with zero attached hydrogens (tertiary/aromatic N) is 1. The highest BCUT2D eigenvalue weighted by Gasteiger charge is 2.18. The molecule has 0 bridgehead atoms. The topological polar surface area (TPSA) is 30.0 Å². The fourth-order valence-electron chi connectivity index (χ4n) is 1.34. The van der Waals surface area contributed by atoms with E-state index < -0.39 is 0 Å². The number of carbonyl (C=O) groups is 1. The molecule has 1 aromatic heterocycles. The number of fused-ring (bicyclic) bond motifs is 1. The molecule has 0 aliphatic carbocycles. The summed E-state index contributed by atoms with van der Waals surface area (Å²) in [7, 11) is 0. The quantitative estimate of drug-likeness (QED) is 0.688. The van der Waals surface area contributed by atoms with E-state index in [4.69, 9.17) is 0 Å². The van der Waals surface area contributed by atoms with Gasteiger partial charge in [-0.25, -0.2) is 4.98 Å². The van der Waals surface area contributed by atoms with Crippen LogP contribution >= 0.6 is 11.3 Å². The smallest absolute Gasteiger partial charge is 0.150 e. The molecule has 0 radical (unpaired) electrons. The Morgan fingerprint density at radius 2 is 2.07 bits per heavy atom. The van der Waals surface area contributed by atoms with E-state index in [0.717, 1.165) is 21.5 Å². The summed E-state index contributed by atoms with van der Waals surface area (Å²) in [4.78, 5) is 15.2. The van der Waals surface area contributed by atoms with E-state index in [0.29, 0.717) is 5.56 Å². The Kier molecular flexibility index (Phi) is 2.35. The van der Waals surface area contributed by atoms with Crippen LogP contribution in [0.4, 0.5) is 0 Å². The van der Waals surface area contributed by atoms with E-state index in [1.165, 1.54) is 0 Å². The maximum atomic E-state index is 10.6. The highest BCUT2D eigenvalue weighted by molar-refractivity contribution is 7.18. The van der Waals surface area contributed by atoms with Gasteiger partial charge in [0.2, 0.25) is 0 Å². The largest absolute Gasteiger partial charge is 0.298 e. The average molecular weight is 219 g/mol. The fraction of sp³-hybridized carbons (Fsp3) is 0.333. The number of carbonyl (C=O) groups excluding carboxylic acids is 1. The molecule has 0 spiro atoms. The number of rotatable bonds is 1. The first kappa shape index (κ1) is 10.3. The van der Waals surface area contributed by atoms with Crippen LogP contribution in [0.15, 0.2) is 18.2 Å². The molecule has 0 N–H and O–H groups in total. The lowest BCUT2D eigenvalue weighted by molar-refractivity contribution is 0.112. The van der Waals surface area contributed by atoms with Crippen LogP contribution in [0.1, 0.15) is 36.1 Å². The number of aromatic nitrogens is 1. The highest BCUT2D eigenvalue weighted by atomic mass is 32.1. The third-order valence-corrected chi connectivity index (χ3v) is 3.63. The van der Waals surface area contributed by atoms with Crippen molar-refractivity contribution in [1.82, 2.24) is 4.98 Å². The highest BCUT2D eigenvalue weighted by Crippen LogP contribution is 2.31. The minimum atomic E-state index is 0.0744. The summed E-state index contributed by atoms with van der Waals surface area (Å²) in [6.45, 7) is 6.43. The number of hydrogen-bond acceptors (Lipinski definition) is 3. The van der Waals surface area contributed by atoms with Crippen molar-refractivity contribution < 1.29 is 4.79 Å². The molecule has 15 heavy (non-hydrogen) atoms. The molecule has 0 aliphatic heterocycles. The molecule has 1 heterocycles. The Labute approximate surface area is 93.0 Å². The summed E-state index contributed by atoms with van der Waals surface area (Å²) in [5.41, 5.74) is 1.77. The van der Waals surface area contributed by atoms with Gasteiger partial charge in [-0.3, -0.25) is 4.79 Å². The molecule has 0 fully saturated rings. The Balaban J connectivity index is 2.61. The van der Waals surface area contributed by atoms with Crippen LogP contribution in [0.2, 0.25) is 0 Å². The van der Waals surface area contributed by atoms with Gasteiger partial charge in [0, 0.05) is 11.0 Å². The zero-order chi connectivity index (χ0) is 11.1. The Morgan fingerprint density at radius 1 is 1.33 bits per heavy atom. The molecule has 0 atom stereocenters. The Hall–Kier alpha value is -1.22. The molecule has 0 amide bonds. The van der Waals surface area contributed by atoms with Gasteiger partial charge in [0.15, 0.2) is 0 Å². The van der Waals surface area contributed by atoms with Crippen molar-refractivity contribution in [2.24, 2.45) is 0 Å². The molecular weight excluding hydrogens is 206 g/mol. The van der Waals surface area contributed by atoms with Gasteiger partial charge in [0.1, 0.15) is 6.29 Å². The van der Waals surface area contributed by atoms with E-state index in [1.807, 2.05) is 18.2 Å². The molecule has 0 aliphatic rings. The summed E-state index contributed by atoms with van der Waals surface area (Å²) in [6.07, 6.45) is 0.871. The first-order valence-electron chi connectivity index (χ1n) is 4.87. The lowest BCUT2D eigenvalue weighted by atomic mass is 9.98. The average Bonchev–Trinajstić information content (AvgIpc) is 2.59. The predicted octanol–water partition coefficient (Wildman–Crippen LogP) is 3.41. The fourth-order valence-corrected chi connectivity index (χ4v) is 2.41. The van der Waals surface area contributed by atoms with Gasteiger partial charge in [-0.05, 0) is 18.2 Å². The van der Waals surface area contributed by atoms with Crippen molar-refractivity contribution in [2.45, 2.75) is 26.2 Å². The molecule has 0 saturated heterocycles. The summed E-state index contributed by atoms with van der Waals surface area (Å²) in [6, 6.07) is 5.61. The van der Waals surface area contributed by atoms with E-state index >= 15 is 0 Å². The normalized spacial score (nSPS) is 11.9. The second kappa shape index (κ2) is 3.42. The van der Waals surface area contributed by atoms with Gasteiger partial charge >= 0.3 is 0 Å². The molecular formula is C12H13NOS. The molecule has 78 valence electrons. The SMILES string of the molecule is CC(C)(C)c1nc2ccc(C=O)cc2s1. The van der Waals surface area contributed by atoms with Crippen molar-refractivity contribution in [3.8, 4) is 0 Å². The Bertz CT molecular complexity index is 508. The predicted molar refractivity (Wildman–Crippen MR) is 63.7 cm³/mol. The van der Waals surface area contributed by atoms with Crippen LogP contribution in [0.5, 0.6) is 0 Å². The Morgan fingerprint density at radius 3 is 2.67 bits per heavy atom. The molecule has 2 rings (SSSR count). The van der Waals surface area contributed by atoms with E-state index in [-0.39, 0.29) is 5.41 Å². The first-order chi connectivity index (χ1) is 7.00. The molecule has 3 heteroatoms. The minimum Gasteiger partial charge on any atom is -0.298 e. The maximum Gasteiger partial charge on any atom is 0.150 e. The van der Waals surface area contributed by atoms with Gasteiger partial charge in [0.25, 0.3) is 0 Å². The minimum absolute atomic E-state index is 0.0744. The van der Waals surface area contributed by atoms with Gasteiger partial charge in [0.05, 0.1) is 15.2 Å². The third-order valence-electron chi connectivity index (χ3n) is 2.19. The van der Waals surface area contributed by atoms with Crippen LogP contribution < -0.4 is 0 Å². The number of thiazole rings is 1. The van der Waals surface area contributed by atoms with Crippen molar-refractivity contribution in [1.29, 1.82) is 0 Å².